The Kier molecular flexibility index (Phi) is 8.18. The van der Waals surface area contributed by atoms with E-state index in [4.69, 9.17) is 15.6 Å². The summed E-state index contributed by atoms with van der Waals surface area (Å²) in [6.45, 7) is 0. The van der Waals surface area contributed by atoms with Gasteiger partial charge in [0.1, 0.15) is 11.5 Å². The predicted octanol–water partition coefficient (Wildman–Crippen LogP) is 3.82. The van der Waals surface area contributed by atoms with Gasteiger partial charge in [0.15, 0.2) is 5.69 Å². The average molecular weight is 553 g/mol. The van der Waals surface area contributed by atoms with Crippen LogP contribution in [0.4, 0.5) is 42.2 Å². The summed E-state index contributed by atoms with van der Waals surface area (Å²) in [4.78, 5) is 21.6. The molecule has 3 heterocycles. The van der Waals surface area contributed by atoms with E-state index >= 15 is 0 Å². The summed E-state index contributed by atoms with van der Waals surface area (Å²) in [6.07, 6.45) is -6.12. The number of nitrogens with zero attached hydrogens (tertiary/aromatic N) is 4. The number of nitrogens with two attached hydrogens (primary N) is 1. The summed E-state index contributed by atoms with van der Waals surface area (Å²) < 4.78 is 88.3. The Morgan fingerprint density at radius 3 is 2.42 bits per heavy atom. The number of carboxylic acids is 1. The van der Waals surface area contributed by atoms with Gasteiger partial charge in [-0.3, -0.25) is 9.48 Å². The van der Waals surface area contributed by atoms with Crippen molar-refractivity contribution in [2.24, 2.45) is 12.8 Å². The number of aromatic nitrogens is 4. The molecule has 0 radical (unpaired) electrons. The van der Waals surface area contributed by atoms with Gasteiger partial charge in [0.05, 0.1) is 17.2 Å². The highest BCUT2D eigenvalue weighted by molar-refractivity contribution is 6.04. The number of aryl methyl sites for hydroxylation is 1. The third kappa shape index (κ3) is 6.51. The van der Waals surface area contributed by atoms with E-state index in [-0.39, 0.29) is 23.6 Å². The van der Waals surface area contributed by atoms with Gasteiger partial charge in [0, 0.05) is 25.7 Å². The van der Waals surface area contributed by atoms with Crippen molar-refractivity contribution in [1.29, 1.82) is 0 Å². The highest BCUT2D eigenvalue weighted by Gasteiger charge is 2.44. The van der Waals surface area contributed by atoms with E-state index in [0.29, 0.717) is 18.4 Å². The molecule has 10 nitrogen and oxygen atoms in total. The second-order valence-corrected chi connectivity index (χ2v) is 8.36. The van der Waals surface area contributed by atoms with Gasteiger partial charge >= 0.3 is 12.1 Å². The van der Waals surface area contributed by atoms with Crippen LogP contribution in [0, 0.1) is 0 Å². The largest absolute Gasteiger partial charge is 0.490 e. The normalized spacial score (nSPS) is 19.1. The zero-order valence-corrected chi connectivity index (χ0v) is 19.5. The Hall–Kier alpha value is -3.89. The SMILES string of the molecule is Cn1cc(NC(=O)c2ccc3ccc(N[C@@H]4CCCC(F)(F)[C@@H]4N)nn23)c(C(F)F)n1.O=C(O)C(F)(F)F. The van der Waals surface area contributed by atoms with Crippen molar-refractivity contribution in [2.75, 3.05) is 10.6 Å². The van der Waals surface area contributed by atoms with E-state index < -0.39 is 48.2 Å². The van der Waals surface area contributed by atoms with Gasteiger partial charge in [-0.2, -0.15) is 18.3 Å². The smallest absolute Gasteiger partial charge is 0.475 e. The maximum Gasteiger partial charge on any atom is 0.490 e. The molecule has 1 fully saturated rings. The monoisotopic (exact) mass is 553 g/mol. The predicted molar refractivity (Wildman–Crippen MR) is 119 cm³/mol. The first-order valence-corrected chi connectivity index (χ1v) is 10.9. The van der Waals surface area contributed by atoms with Crippen molar-refractivity contribution >= 4 is 28.9 Å². The molecule has 5 N–H and O–H groups in total. The van der Waals surface area contributed by atoms with Crippen LogP contribution >= 0.6 is 0 Å². The molecule has 0 aliphatic heterocycles. The third-order valence-corrected chi connectivity index (χ3v) is 5.57. The van der Waals surface area contributed by atoms with Gasteiger partial charge < -0.3 is 21.5 Å². The molecule has 38 heavy (non-hydrogen) atoms. The lowest BCUT2D eigenvalue weighted by atomic mass is 9.87. The molecular formula is C21H22F7N7O3. The van der Waals surface area contributed by atoms with Gasteiger partial charge in [-0.15, -0.1) is 5.10 Å². The number of amides is 1. The van der Waals surface area contributed by atoms with E-state index in [1.165, 1.54) is 28.5 Å². The number of halogens is 7. The number of carbonyl (C=O) groups is 2. The molecule has 0 aromatic carbocycles. The van der Waals surface area contributed by atoms with E-state index in [0.717, 1.165) is 0 Å². The summed E-state index contributed by atoms with van der Waals surface area (Å²) in [6, 6.07) is 4.35. The van der Waals surface area contributed by atoms with Gasteiger partial charge in [-0.25, -0.2) is 26.9 Å². The molecule has 4 rings (SSSR count). The lowest BCUT2D eigenvalue weighted by molar-refractivity contribution is -0.192. The Morgan fingerprint density at radius 1 is 1.18 bits per heavy atom. The van der Waals surface area contributed by atoms with Crippen LogP contribution in [0.15, 0.2) is 30.5 Å². The van der Waals surface area contributed by atoms with Crippen molar-refractivity contribution in [3.8, 4) is 0 Å². The fourth-order valence-corrected chi connectivity index (χ4v) is 3.74. The van der Waals surface area contributed by atoms with Crippen molar-refractivity contribution < 1.29 is 45.4 Å². The Morgan fingerprint density at radius 2 is 1.82 bits per heavy atom. The van der Waals surface area contributed by atoms with E-state index in [9.17, 15) is 35.5 Å². The van der Waals surface area contributed by atoms with Gasteiger partial charge in [-0.1, -0.05) is 0 Å². The van der Waals surface area contributed by atoms with Crippen LogP contribution in [0.3, 0.4) is 0 Å². The molecule has 1 amide bonds. The summed E-state index contributed by atoms with van der Waals surface area (Å²) in [7, 11) is 1.47. The number of anilines is 2. The first kappa shape index (κ1) is 28.7. The molecule has 0 bridgehead atoms. The molecule has 0 spiro atoms. The van der Waals surface area contributed by atoms with Crippen LogP contribution in [-0.2, 0) is 11.8 Å². The van der Waals surface area contributed by atoms with E-state index in [2.05, 4.69) is 20.8 Å². The first-order valence-electron chi connectivity index (χ1n) is 10.9. The lowest BCUT2D eigenvalue weighted by Crippen LogP contribution is -2.55. The van der Waals surface area contributed by atoms with Crippen molar-refractivity contribution in [3.05, 3.63) is 41.9 Å². The zero-order chi connectivity index (χ0) is 28.4. The standard InChI is InChI=1S/C19H21F4N7O.C2HF3O2/c1-29-9-12(15(28-29)17(20)21)26-18(31)13-6-4-10-5-7-14(27-30(10)13)25-11-3-2-8-19(22,23)16(11)24;3-2(4,5)1(6)7/h4-7,9,11,16-17H,2-3,8,24H2,1H3,(H,25,27)(H,26,31);(H,6,7)/t11-,16-;/m1./s1. The lowest BCUT2D eigenvalue weighted by Gasteiger charge is -2.36. The topological polar surface area (TPSA) is 140 Å². The highest BCUT2D eigenvalue weighted by Crippen LogP contribution is 2.33. The van der Waals surface area contributed by atoms with Crippen LogP contribution in [-0.4, -0.2) is 60.6 Å². The van der Waals surface area contributed by atoms with E-state index in [1.54, 1.807) is 18.2 Å². The molecule has 1 aliphatic carbocycles. The summed E-state index contributed by atoms with van der Waals surface area (Å²) in [5.41, 5.74) is 5.72. The number of hydrogen-bond acceptors (Lipinski definition) is 6. The number of fused-ring (bicyclic) bond motifs is 1. The van der Waals surface area contributed by atoms with Crippen molar-refractivity contribution in [1.82, 2.24) is 19.4 Å². The number of carbonyl (C=O) groups excluding carboxylic acids is 1. The third-order valence-electron chi connectivity index (χ3n) is 5.57. The van der Waals surface area contributed by atoms with E-state index in [1.807, 2.05) is 0 Å². The molecule has 17 heteroatoms. The quantitative estimate of drug-likeness (QED) is 0.352. The molecule has 3 aromatic rings. The van der Waals surface area contributed by atoms with Crippen LogP contribution in [0.5, 0.6) is 0 Å². The number of rotatable bonds is 5. The molecule has 0 saturated heterocycles. The Labute approximate surface area is 209 Å². The molecule has 208 valence electrons. The second kappa shape index (κ2) is 10.8. The number of nitrogens with one attached hydrogen (secondary N) is 2. The van der Waals surface area contributed by atoms with Crippen LogP contribution in [0.2, 0.25) is 0 Å². The van der Waals surface area contributed by atoms with Gasteiger partial charge in [0.25, 0.3) is 18.3 Å². The van der Waals surface area contributed by atoms with Crippen LogP contribution in [0.25, 0.3) is 5.52 Å². The molecule has 1 saturated carbocycles. The first-order chi connectivity index (χ1) is 17.6. The maximum absolute atomic E-state index is 13.9. The summed E-state index contributed by atoms with van der Waals surface area (Å²) in [5, 5.41) is 20.4. The maximum atomic E-state index is 13.9. The molecule has 2 atom stereocenters. The minimum Gasteiger partial charge on any atom is -0.475 e. The fourth-order valence-electron chi connectivity index (χ4n) is 3.74. The Balaban J connectivity index is 0.000000505. The fraction of sp³-hybridized carbons (Fsp3) is 0.429. The number of hydrogen-bond donors (Lipinski definition) is 4. The number of aliphatic carboxylic acids is 1. The minimum atomic E-state index is -5.08. The van der Waals surface area contributed by atoms with Crippen LogP contribution < -0.4 is 16.4 Å². The average Bonchev–Trinajstić information content (AvgIpc) is 3.39. The summed E-state index contributed by atoms with van der Waals surface area (Å²) in [5.74, 6) is -6.12. The van der Waals surface area contributed by atoms with Gasteiger partial charge in [0.2, 0.25) is 0 Å². The van der Waals surface area contributed by atoms with Crippen LogP contribution in [0.1, 0.15) is 41.9 Å². The summed E-state index contributed by atoms with van der Waals surface area (Å²) >= 11 is 0. The highest BCUT2D eigenvalue weighted by atomic mass is 19.4. The number of alkyl halides is 7. The zero-order valence-electron chi connectivity index (χ0n) is 19.5. The van der Waals surface area contributed by atoms with Gasteiger partial charge in [-0.05, 0) is 37.1 Å². The molecule has 0 unspecified atom stereocenters. The van der Waals surface area contributed by atoms with Crippen molar-refractivity contribution in [2.45, 2.75) is 49.9 Å². The minimum absolute atomic E-state index is 0.0843. The molecule has 3 aromatic heterocycles. The van der Waals surface area contributed by atoms with Crippen molar-refractivity contribution in [3.63, 3.8) is 0 Å². The Bertz CT molecular complexity index is 1310. The second-order valence-electron chi connectivity index (χ2n) is 8.36. The number of carboxylic acid groups (broad SMARTS) is 1. The molecular weight excluding hydrogens is 531 g/mol. The molecule has 1 aliphatic rings.